The summed E-state index contributed by atoms with van der Waals surface area (Å²) >= 11 is 1.78. The third-order valence-electron chi connectivity index (χ3n) is 5.82. The van der Waals surface area contributed by atoms with E-state index >= 15 is 0 Å². The Hall–Kier alpha value is -2.12. The van der Waals surface area contributed by atoms with Gasteiger partial charge in [0.1, 0.15) is 0 Å². The Balaban J connectivity index is 1.31. The number of nitrogens with zero attached hydrogens (tertiary/aromatic N) is 2. The maximum Gasteiger partial charge on any atom is 0.253 e. The Bertz CT molecular complexity index is 860. The van der Waals surface area contributed by atoms with Crippen molar-refractivity contribution >= 4 is 34.5 Å². The number of nitrogens with two attached hydrogens (primary N) is 1. The van der Waals surface area contributed by atoms with Crippen LogP contribution in [-0.2, 0) is 4.79 Å². The van der Waals surface area contributed by atoms with Crippen molar-refractivity contribution in [3.05, 3.63) is 42.1 Å². The van der Waals surface area contributed by atoms with Crippen molar-refractivity contribution in [2.24, 2.45) is 11.7 Å². The summed E-state index contributed by atoms with van der Waals surface area (Å²) < 4.78 is 0. The molecule has 2 amide bonds. The zero-order valence-corrected chi connectivity index (χ0v) is 16.7. The second-order valence-electron chi connectivity index (χ2n) is 7.67. The number of carbonyl (C=O) groups is 2. The summed E-state index contributed by atoms with van der Waals surface area (Å²) in [6.07, 6.45) is 5.08. The molecular weight excluding hydrogens is 372 g/mol. The number of thioether (sulfide) groups is 1. The number of rotatable bonds is 4. The lowest BCUT2D eigenvalue weighted by Gasteiger charge is -2.33. The van der Waals surface area contributed by atoms with Crippen molar-refractivity contribution in [1.29, 1.82) is 0 Å². The van der Waals surface area contributed by atoms with Gasteiger partial charge in [-0.25, -0.2) is 0 Å². The molecule has 3 N–H and O–H groups in total. The quantitative estimate of drug-likeness (QED) is 0.826. The highest BCUT2D eigenvalue weighted by Gasteiger charge is 2.33. The fraction of sp³-hybridized carbons (Fsp3) is 0.476. The zero-order valence-electron chi connectivity index (χ0n) is 15.8. The number of aromatic nitrogens is 1. The Morgan fingerprint density at radius 1 is 1.21 bits per heavy atom. The van der Waals surface area contributed by atoms with Crippen LogP contribution in [0.4, 0.5) is 0 Å². The molecule has 1 saturated heterocycles. The average molecular weight is 399 g/mol. The minimum atomic E-state index is -0.417. The smallest absolute Gasteiger partial charge is 0.253 e. The Labute approximate surface area is 169 Å². The number of hydrogen-bond acceptors (Lipinski definition) is 5. The van der Waals surface area contributed by atoms with E-state index in [1.807, 2.05) is 35.2 Å². The molecular formula is C21H26N4O2S. The monoisotopic (exact) mass is 398 g/mol. The van der Waals surface area contributed by atoms with E-state index in [4.69, 9.17) is 5.73 Å². The van der Waals surface area contributed by atoms with Crippen LogP contribution in [-0.4, -0.2) is 52.0 Å². The van der Waals surface area contributed by atoms with Gasteiger partial charge in [-0.15, -0.1) is 11.8 Å². The van der Waals surface area contributed by atoms with E-state index in [1.165, 1.54) is 0 Å². The second kappa shape index (κ2) is 8.49. The van der Waals surface area contributed by atoms with Gasteiger partial charge in [0.05, 0.1) is 23.0 Å². The molecule has 2 heterocycles. The molecule has 28 heavy (non-hydrogen) atoms. The van der Waals surface area contributed by atoms with Gasteiger partial charge >= 0.3 is 0 Å². The minimum absolute atomic E-state index is 0.0831. The van der Waals surface area contributed by atoms with E-state index < -0.39 is 6.04 Å². The predicted octanol–water partition coefficient (Wildman–Crippen LogP) is 2.38. The van der Waals surface area contributed by atoms with Gasteiger partial charge in [-0.2, -0.15) is 0 Å². The number of hydrogen-bond donors (Lipinski definition) is 2. The standard InChI is InChI=1S/C21H26N4O2S/c22-19(21(27)25-9-10-28-13-25)14-5-7-17(8-6-14)24-20(26)16-11-15-3-1-2-4-18(15)23-12-16/h1-4,11-12,14,17,19H,5-10,13,22H2,(H,24,26)/t14?,17?,19-/m0/s1. The largest absolute Gasteiger partial charge is 0.349 e. The fourth-order valence-electron chi connectivity index (χ4n) is 4.09. The Kier molecular flexibility index (Phi) is 5.82. The van der Waals surface area contributed by atoms with E-state index in [0.29, 0.717) is 5.56 Å². The molecule has 6 nitrogen and oxygen atoms in total. The van der Waals surface area contributed by atoms with E-state index in [1.54, 1.807) is 18.0 Å². The van der Waals surface area contributed by atoms with Gasteiger partial charge in [-0.05, 0) is 43.7 Å². The number of fused-ring (bicyclic) bond motifs is 1. The first kappa shape index (κ1) is 19.2. The molecule has 0 bridgehead atoms. The maximum absolute atomic E-state index is 12.6. The molecule has 2 fully saturated rings. The van der Waals surface area contributed by atoms with Crippen molar-refractivity contribution in [1.82, 2.24) is 15.2 Å². The first-order valence-electron chi connectivity index (χ1n) is 9.89. The third-order valence-corrected chi connectivity index (χ3v) is 6.78. The topological polar surface area (TPSA) is 88.3 Å². The SMILES string of the molecule is N[C@H](C(=O)N1CCSC1)C1CCC(NC(=O)c2cnc3ccccc3c2)CC1. The van der Waals surface area contributed by atoms with Crippen LogP contribution in [0.5, 0.6) is 0 Å². The van der Waals surface area contributed by atoms with Gasteiger partial charge in [0.15, 0.2) is 0 Å². The molecule has 148 valence electrons. The molecule has 7 heteroatoms. The molecule has 2 aliphatic rings. The van der Waals surface area contributed by atoms with Crippen LogP contribution < -0.4 is 11.1 Å². The van der Waals surface area contributed by atoms with Crippen LogP contribution in [0.2, 0.25) is 0 Å². The number of carbonyl (C=O) groups excluding carboxylic acids is 2. The summed E-state index contributed by atoms with van der Waals surface area (Å²) in [6.45, 7) is 0.808. The highest BCUT2D eigenvalue weighted by molar-refractivity contribution is 7.99. The van der Waals surface area contributed by atoms with Crippen molar-refractivity contribution in [3.8, 4) is 0 Å². The lowest BCUT2D eigenvalue weighted by atomic mass is 9.81. The summed E-state index contributed by atoms with van der Waals surface area (Å²) in [7, 11) is 0. The number of para-hydroxylation sites is 1. The van der Waals surface area contributed by atoms with Crippen LogP contribution >= 0.6 is 11.8 Å². The van der Waals surface area contributed by atoms with Crippen LogP contribution in [0.15, 0.2) is 36.5 Å². The van der Waals surface area contributed by atoms with Crippen molar-refractivity contribution < 1.29 is 9.59 Å². The average Bonchev–Trinajstić information content (AvgIpc) is 3.28. The number of benzene rings is 1. The second-order valence-corrected chi connectivity index (χ2v) is 8.74. The summed E-state index contributed by atoms with van der Waals surface area (Å²) in [4.78, 5) is 31.4. The fourth-order valence-corrected chi connectivity index (χ4v) is 5.04. The van der Waals surface area contributed by atoms with Gasteiger partial charge < -0.3 is 16.0 Å². The number of amides is 2. The van der Waals surface area contributed by atoms with E-state index in [2.05, 4.69) is 10.3 Å². The van der Waals surface area contributed by atoms with Crippen molar-refractivity contribution in [3.63, 3.8) is 0 Å². The summed E-state index contributed by atoms with van der Waals surface area (Å²) in [6, 6.07) is 9.36. The maximum atomic E-state index is 12.6. The summed E-state index contributed by atoms with van der Waals surface area (Å²) in [5.74, 6) is 1.96. The molecule has 1 aliphatic carbocycles. The Morgan fingerprint density at radius 2 is 2.00 bits per heavy atom. The molecule has 0 radical (unpaired) electrons. The van der Waals surface area contributed by atoms with Crippen LogP contribution in [0, 0.1) is 5.92 Å². The Morgan fingerprint density at radius 3 is 2.75 bits per heavy atom. The van der Waals surface area contributed by atoms with Crippen LogP contribution in [0.3, 0.4) is 0 Å². The van der Waals surface area contributed by atoms with E-state index in [0.717, 1.165) is 54.8 Å². The third kappa shape index (κ3) is 4.15. The van der Waals surface area contributed by atoms with E-state index in [9.17, 15) is 9.59 Å². The summed E-state index contributed by atoms with van der Waals surface area (Å²) in [5, 5.41) is 4.09. The lowest BCUT2D eigenvalue weighted by Crippen LogP contribution is -2.49. The molecule has 4 rings (SSSR count). The molecule has 1 saturated carbocycles. The van der Waals surface area contributed by atoms with Crippen molar-refractivity contribution in [2.75, 3.05) is 18.2 Å². The van der Waals surface area contributed by atoms with Crippen molar-refractivity contribution in [2.45, 2.75) is 37.8 Å². The minimum Gasteiger partial charge on any atom is -0.349 e. The highest BCUT2D eigenvalue weighted by Crippen LogP contribution is 2.28. The van der Waals surface area contributed by atoms with Crippen LogP contribution in [0.1, 0.15) is 36.0 Å². The van der Waals surface area contributed by atoms with Gasteiger partial charge in [-0.3, -0.25) is 14.6 Å². The van der Waals surface area contributed by atoms with Gasteiger partial charge in [0.2, 0.25) is 5.91 Å². The summed E-state index contributed by atoms with van der Waals surface area (Å²) in [5.41, 5.74) is 7.73. The van der Waals surface area contributed by atoms with Gasteiger partial charge in [0, 0.05) is 29.9 Å². The lowest BCUT2D eigenvalue weighted by molar-refractivity contribution is -0.132. The number of pyridine rings is 1. The zero-order chi connectivity index (χ0) is 19.5. The molecule has 1 aromatic carbocycles. The van der Waals surface area contributed by atoms with Gasteiger partial charge in [0.25, 0.3) is 5.91 Å². The predicted molar refractivity (Wildman–Crippen MR) is 112 cm³/mol. The van der Waals surface area contributed by atoms with E-state index in [-0.39, 0.29) is 23.8 Å². The molecule has 2 aromatic rings. The highest BCUT2D eigenvalue weighted by atomic mass is 32.2. The number of nitrogens with one attached hydrogen (secondary N) is 1. The molecule has 0 unspecified atom stereocenters. The van der Waals surface area contributed by atoms with Gasteiger partial charge in [-0.1, -0.05) is 18.2 Å². The normalized spacial score (nSPS) is 23.5. The molecule has 1 aliphatic heterocycles. The molecule has 1 aromatic heterocycles. The first-order valence-corrected chi connectivity index (χ1v) is 11.0. The first-order chi connectivity index (χ1) is 13.6. The van der Waals surface area contributed by atoms with Crippen LogP contribution in [0.25, 0.3) is 10.9 Å². The molecule has 1 atom stereocenters. The molecule has 0 spiro atoms.